The van der Waals surface area contributed by atoms with E-state index in [-0.39, 0.29) is 11.5 Å². The van der Waals surface area contributed by atoms with E-state index in [1.54, 1.807) is 12.3 Å². The van der Waals surface area contributed by atoms with Gasteiger partial charge in [0.2, 0.25) is 5.88 Å². The quantitative estimate of drug-likeness (QED) is 0.826. The van der Waals surface area contributed by atoms with E-state index in [1.165, 1.54) is 18.0 Å². The van der Waals surface area contributed by atoms with Gasteiger partial charge in [-0.3, -0.25) is 9.36 Å². The zero-order chi connectivity index (χ0) is 13.1. The van der Waals surface area contributed by atoms with Gasteiger partial charge in [-0.25, -0.2) is 9.97 Å². The molecule has 0 saturated heterocycles. The van der Waals surface area contributed by atoms with Gasteiger partial charge in [0.1, 0.15) is 12.1 Å². The van der Waals surface area contributed by atoms with Crippen LogP contribution in [0.2, 0.25) is 0 Å². The first kappa shape index (κ1) is 12.3. The molecule has 0 saturated carbocycles. The van der Waals surface area contributed by atoms with E-state index in [1.807, 2.05) is 26.0 Å². The molecule has 0 amide bonds. The predicted octanol–water partition coefficient (Wildman–Crippen LogP) is 1.76. The monoisotopic (exact) mass is 245 g/mol. The fourth-order valence-corrected chi connectivity index (χ4v) is 1.70. The van der Waals surface area contributed by atoms with Crippen molar-refractivity contribution in [2.75, 3.05) is 7.11 Å². The minimum Gasteiger partial charge on any atom is -0.481 e. The standard InChI is InChI=1S/C13H15N3O2/c1-9(2)10-5-4-6-16(13(10)17)11-7-12(18-3)15-8-14-11/h4-9H,1-3H3. The van der Waals surface area contributed by atoms with Crippen LogP contribution in [0.4, 0.5) is 0 Å². The largest absolute Gasteiger partial charge is 0.481 e. The Hall–Kier alpha value is -2.17. The molecule has 2 aromatic rings. The zero-order valence-electron chi connectivity index (χ0n) is 10.6. The summed E-state index contributed by atoms with van der Waals surface area (Å²) >= 11 is 0. The van der Waals surface area contributed by atoms with Crippen LogP contribution in [0.1, 0.15) is 25.3 Å². The number of aromatic nitrogens is 3. The lowest BCUT2D eigenvalue weighted by molar-refractivity contribution is 0.396. The van der Waals surface area contributed by atoms with E-state index < -0.39 is 0 Å². The Morgan fingerprint density at radius 1 is 1.33 bits per heavy atom. The second-order valence-corrected chi connectivity index (χ2v) is 4.21. The van der Waals surface area contributed by atoms with Gasteiger partial charge in [-0.15, -0.1) is 0 Å². The fourth-order valence-electron chi connectivity index (χ4n) is 1.70. The van der Waals surface area contributed by atoms with Crippen molar-refractivity contribution in [3.63, 3.8) is 0 Å². The van der Waals surface area contributed by atoms with E-state index in [9.17, 15) is 4.79 Å². The topological polar surface area (TPSA) is 57.0 Å². The van der Waals surface area contributed by atoms with Crippen LogP contribution in [0, 0.1) is 0 Å². The summed E-state index contributed by atoms with van der Waals surface area (Å²) in [5.74, 6) is 1.12. The third-order valence-corrected chi connectivity index (χ3v) is 2.68. The molecule has 0 aliphatic carbocycles. The summed E-state index contributed by atoms with van der Waals surface area (Å²) in [4.78, 5) is 20.3. The summed E-state index contributed by atoms with van der Waals surface area (Å²) in [7, 11) is 1.53. The van der Waals surface area contributed by atoms with Crippen LogP contribution >= 0.6 is 0 Å². The first-order chi connectivity index (χ1) is 8.63. The van der Waals surface area contributed by atoms with Crippen LogP contribution in [0.15, 0.2) is 35.5 Å². The van der Waals surface area contributed by atoms with Crippen molar-refractivity contribution in [3.8, 4) is 11.7 Å². The minimum absolute atomic E-state index is 0.0618. The SMILES string of the molecule is COc1cc(-n2cccc(C(C)C)c2=O)ncn1. The second kappa shape index (κ2) is 5.00. The summed E-state index contributed by atoms with van der Waals surface area (Å²) < 4.78 is 6.53. The molecule has 2 aromatic heterocycles. The molecule has 0 bridgehead atoms. The number of ether oxygens (including phenoxy) is 1. The highest BCUT2D eigenvalue weighted by Crippen LogP contribution is 2.12. The lowest BCUT2D eigenvalue weighted by Gasteiger charge is -2.09. The lowest BCUT2D eigenvalue weighted by Crippen LogP contribution is -2.23. The third-order valence-electron chi connectivity index (χ3n) is 2.68. The van der Waals surface area contributed by atoms with E-state index in [0.717, 1.165) is 5.56 Å². The Morgan fingerprint density at radius 2 is 2.11 bits per heavy atom. The summed E-state index contributed by atoms with van der Waals surface area (Å²) in [6, 6.07) is 5.30. The smallest absolute Gasteiger partial charge is 0.259 e. The predicted molar refractivity (Wildman–Crippen MR) is 68.3 cm³/mol. The van der Waals surface area contributed by atoms with Gasteiger partial charge in [-0.1, -0.05) is 19.9 Å². The molecule has 0 N–H and O–H groups in total. The van der Waals surface area contributed by atoms with Crippen LogP contribution in [-0.2, 0) is 0 Å². The Kier molecular flexibility index (Phi) is 3.41. The minimum atomic E-state index is -0.0618. The van der Waals surface area contributed by atoms with Crippen LogP contribution in [-0.4, -0.2) is 21.6 Å². The van der Waals surface area contributed by atoms with Gasteiger partial charge in [0.25, 0.3) is 5.56 Å². The van der Waals surface area contributed by atoms with Crippen molar-refractivity contribution in [1.29, 1.82) is 0 Å². The average molecular weight is 245 g/mol. The molecule has 0 atom stereocenters. The normalized spacial score (nSPS) is 10.7. The molecular weight excluding hydrogens is 230 g/mol. The van der Waals surface area contributed by atoms with Gasteiger partial charge in [0.05, 0.1) is 7.11 Å². The van der Waals surface area contributed by atoms with Gasteiger partial charge < -0.3 is 4.74 Å². The van der Waals surface area contributed by atoms with Crippen LogP contribution < -0.4 is 10.3 Å². The van der Waals surface area contributed by atoms with Crippen LogP contribution in [0.5, 0.6) is 5.88 Å². The number of hydrogen-bond donors (Lipinski definition) is 0. The number of nitrogens with zero attached hydrogens (tertiary/aromatic N) is 3. The Bertz CT molecular complexity index is 605. The highest BCUT2D eigenvalue weighted by atomic mass is 16.5. The van der Waals surface area contributed by atoms with E-state index >= 15 is 0 Å². The number of pyridine rings is 1. The first-order valence-electron chi connectivity index (χ1n) is 5.71. The summed E-state index contributed by atoms with van der Waals surface area (Å²) in [6.45, 7) is 3.98. The fraction of sp³-hybridized carbons (Fsp3) is 0.308. The van der Waals surface area contributed by atoms with E-state index in [4.69, 9.17) is 4.74 Å². The molecular formula is C13H15N3O2. The molecule has 2 heterocycles. The summed E-state index contributed by atoms with van der Waals surface area (Å²) in [5.41, 5.74) is 0.698. The lowest BCUT2D eigenvalue weighted by atomic mass is 10.1. The maximum absolute atomic E-state index is 12.3. The molecule has 0 aromatic carbocycles. The molecule has 0 fully saturated rings. The van der Waals surface area contributed by atoms with Gasteiger partial charge in [0, 0.05) is 17.8 Å². The molecule has 94 valence electrons. The Labute approximate surface area is 105 Å². The number of hydrogen-bond acceptors (Lipinski definition) is 4. The van der Waals surface area contributed by atoms with Crippen molar-refractivity contribution < 1.29 is 4.74 Å². The van der Waals surface area contributed by atoms with Crippen molar-refractivity contribution in [2.24, 2.45) is 0 Å². The van der Waals surface area contributed by atoms with Crippen LogP contribution in [0.25, 0.3) is 5.82 Å². The van der Waals surface area contributed by atoms with E-state index in [2.05, 4.69) is 9.97 Å². The molecule has 0 unspecified atom stereocenters. The molecule has 0 spiro atoms. The molecule has 18 heavy (non-hydrogen) atoms. The van der Waals surface area contributed by atoms with Crippen molar-refractivity contribution in [1.82, 2.24) is 14.5 Å². The second-order valence-electron chi connectivity index (χ2n) is 4.21. The maximum Gasteiger partial charge on any atom is 0.259 e. The van der Waals surface area contributed by atoms with E-state index in [0.29, 0.717) is 11.7 Å². The average Bonchev–Trinajstić information content (AvgIpc) is 2.38. The summed E-state index contributed by atoms with van der Waals surface area (Å²) in [6.07, 6.45) is 3.07. The molecule has 2 rings (SSSR count). The van der Waals surface area contributed by atoms with Gasteiger partial charge >= 0.3 is 0 Å². The molecule has 0 radical (unpaired) electrons. The first-order valence-corrected chi connectivity index (χ1v) is 5.71. The molecule has 5 heteroatoms. The maximum atomic E-state index is 12.3. The van der Waals surface area contributed by atoms with Crippen LogP contribution in [0.3, 0.4) is 0 Å². The highest BCUT2D eigenvalue weighted by molar-refractivity contribution is 5.29. The van der Waals surface area contributed by atoms with Gasteiger partial charge in [-0.2, -0.15) is 0 Å². The Morgan fingerprint density at radius 3 is 2.78 bits per heavy atom. The molecule has 0 aliphatic heterocycles. The Balaban J connectivity index is 2.57. The van der Waals surface area contributed by atoms with Crippen molar-refractivity contribution in [2.45, 2.75) is 19.8 Å². The van der Waals surface area contributed by atoms with Crippen molar-refractivity contribution >= 4 is 0 Å². The zero-order valence-corrected chi connectivity index (χ0v) is 10.6. The molecule has 5 nitrogen and oxygen atoms in total. The highest BCUT2D eigenvalue weighted by Gasteiger charge is 2.09. The number of rotatable bonds is 3. The summed E-state index contributed by atoms with van der Waals surface area (Å²) in [5, 5.41) is 0. The van der Waals surface area contributed by atoms with Gasteiger partial charge in [-0.05, 0) is 12.0 Å². The molecule has 0 aliphatic rings. The van der Waals surface area contributed by atoms with Crippen molar-refractivity contribution in [3.05, 3.63) is 46.6 Å². The third kappa shape index (κ3) is 2.25. The van der Waals surface area contributed by atoms with Gasteiger partial charge in [0.15, 0.2) is 0 Å². The number of methoxy groups -OCH3 is 1.